The lowest BCUT2D eigenvalue weighted by Gasteiger charge is -2.41. The van der Waals surface area contributed by atoms with Crippen molar-refractivity contribution in [1.82, 2.24) is 34.1 Å². The molecule has 358 valence electrons. The van der Waals surface area contributed by atoms with E-state index in [1.807, 2.05) is 56.9 Å². The number of benzene rings is 3. The number of rotatable bonds is 8. The number of phenolic OH excluding ortho intramolecular Hbond substituents is 2. The number of amides is 2. The number of aromatic hydroxyl groups is 2. The van der Waals surface area contributed by atoms with Gasteiger partial charge >= 0.3 is 17.8 Å². The Balaban J connectivity index is 0.768. The number of aryl methyl sites for hydroxylation is 1. The predicted molar refractivity (Wildman–Crippen MR) is 255 cm³/mol. The number of aromatic amines is 1. The number of esters is 1. The maximum absolute atomic E-state index is 13.9. The third-order valence-electron chi connectivity index (χ3n) is 14.5. The molecule has 3 aromatic carbocycles. The zero-order chi connectivity index (χ0) is 48.6. The number of hydrogen-bond donors (Lipinski definition) is 4. The fourth-order valence-electron chi connectivity index (χ4n) is 10.6. The lowest BCUT2D eigenvalue weighted by molar-refractivity contribution is -0.172. The molecule has 18 heteroatoms. The number of phenols is 2. The highest BCUT2D eigenvalue weighted by molar-refractivity contribution is 5.90. The first-order valence-corrected chi connectivity index (χ1v) is 23.6. The molecule has 69 heavy (non-hydrogen) atoms. The molecule has 0 radical (unpaired) electrons. The number of nitrogens with zero attached hydrogens (tertiary/aromatic N) is 7. The number of anilines is 1. The van der Waals surface area contributed by atoms with E-state index in [1.165, 1.54) is 10.6 Å². The number of pyridine rings is 2. The van der Waals surface area contributed by atoms with Crippen molar-refractivity contribution in [3.8, 4) is 45.7 Å². The summed E-state index contributed by atoms with van der Waals surface area (Å²) in [6.07, 6.45) is 1.45. The molecule has 0 saturated carbocycles. The van der Waals surface area contributed by atoms with Crippen molar-refractivity contribution >= 4 is 34.6 Å². The molecule has 2 saturated heterocycles. The summed E-state index contributed by atoms with van der Waals surface area (Å²) in [5.74, 6) is -0.566. The Morgan fingerprint density at radius 3 is 2.36 bits per heavy atom. The summed E-state index contributed by atoms with van der Waals surface area (Å²) in [4.78, 5) is 77.6. The minimum absolute atomic E-state index is 0.0297. The molecular weight excluding hydrogens is 885 g/mol. The summed E-state index contributed by atoms with van der Waals surface area (Å²) < 4.78 is 14.2. The number of piperidine rings is 1. The lowest BCUT2D eigenvalue weighted by atomic mass is 9.86. The number of ether oxygens (including phenoxy) is 2. The van der Waals surface area contributed by atoms with E-state index in [1.54, 1.807) is 46.7 Å². The number of hydrogen-bond acceptors (Lipinski definition) is 13. The van der Waals surface area contributed by atoms with Crippen LogP contribution in [0.3, 0.4) is 0 Å². The third kappa shape index (κ3) is 7.57. The Kier molecular flexibility index (Phi) is 11.3. The number of piperazine rings is 1. The Hall–Kier alpha value is -7.47. The van der Waals surface area contributed by atoms with Crippen LogP contribution in [-0.2, 0) is 39.5 Å². The highest BCUT2D eigenvalue weighted by Crippen LogP contribution is 2.42. The van der Waals surface area contributed by atoms with Gasteiger partial charge in [0.15, 0.2) is 11.4 Å². The number of H-pyrrole nitrogens is 1. The topological polar surface area (TPSA) is 226 Å². The summed E-state index contributed by atoms with van der Waals surface area (Å²) in [6.45, 7) is 11.9. The number of aliphatic hydroxyl groups is 1. The standard InChI is InChI=1S/C51H54N8O10/c1-6-33-35-20-32(12-13-40(35)52-44-37(33)25-58-41(44)22-39-38(47(58)63)26-68-48(64)51(39,67)7-2)69-50(66)57-19-18-56(24-28(57)5)46(62)29-14-16-55(17-15-29)30-8-10-31(11-9-30)59-45(53-54-49(59)65)36-21-34(27(3)4)42(60)23-43(36)61/h8-13,20-23,27-29,60-61,67H,6-7,14-19,24-26H2,1-5H3,(H,54,65). The molecule has 7 heterocycles. The summed E-state index contributed by atoms with van der Waals surface area (Å²) >= 11 is 0. The summed E-state index contributed by atoms with van der Waals surface area (Å²) in [5.41, 5.74) is 3.79. The smallest absolute Gasteiger partial charge is 0.415 e. The molecule has 4 N–H and O–H groups in total. The van der Waals surface area contributed by atoms with Crippen molar-refractivity contribution in [2.45, 2.75) is 91.0 Å². The van der Waals surface area contributed by atoms with Gasteiger partial charge in [0.2, 0.25) is 5.91 Å². The molecule has 2 unspecified atom stereocenters. The van der Waals surface area contributed by atoms with Gasteiger partial charge in [0.1, 0.15) is 23.9 Å². The molecule has 6 aromatic rings. The van der Waals surface area contributed by atoms with E-state index < -0.39 is 23.4 Å². The van der Waals surface area contributed by atoms with Crippen molar-refractivity contribution in [2.75, 3.05) is 37.6 Å². The summed E-state index contributed by atoms with van der Waals surface area (Å²) in [5, 5.41) is 39.8. The van der Waals surface area contributed by atoms with Crippen LogP contribution in [-0.4, -0.2) is 106 Å². The molecule has 18 nitrogen and oxygen atoms in total. The van der Waals surface area contributed by atoms with E-state index in [9.17, 15) is 39.3 Å². The average molecular weight is 939 g/mol. The Morgan fingerprint density at radius 2 is 1.67 bits per heavy atom. The fraction of sp³-hybridized carbons (Fsp3) is 0.392. The minimum Gasteiger partial charge on any atom is -0.508 e. The van der Waals surface area contributed by atoms with Gasteiger partial charge in [0.25, 0.3) is 5.56 Å². The second-order valence-electron chi connectivity index (χ2n) is 18.8. The number of nitrogens with one attached hydrogen (secondary N) is 1. The molecule has 2 atom stereocenters. The van der Waals surface area contributed by atoms with Crippen LogP contribution in [0.1, 0.15) is 87.6 Å². The van der Waals surface area contributed by atoms with Crippen LogP contribution in [0.4, 0.5) is 10.5 Å². The van der Waals surface area contributed by atoms with Crippen LogP contribution in [0.5, 0.6) is 17.2 Å². The second-order valence-corrected chi connectivity index (χ2v) is 18.8. The summed E-state index contributed by atoms with van der Waals surface area (Å²) in [7, 11) is 0. The molecule has 4 aliphatic heterocycles. The summed E-state index contributed by atoms with van der Waals surface area (Å²) in [6, 6.07) is 17.1. The van der Waals surface area contributed by atoms with Gasteiger partial charge in [-0.1, -0.05) is 27.7 Å². The van der Waals surface area contributed by atoms with E-state index in [4.69, 9.17) is 14.5 Å². The van der Waals surface area contributed by atoms with E-state index in [0.29, 0.717) is 91.5 Å². The van der Waals surface area contributed by atoms with Crippen molar-refractivity contribution in [1.29, 1.82) is 0 Å². The largest absolute Gasteiger partial charge is 0.508 e. The average Bonchev–Trinajstić information content (AvgIpc) is 3.91. The molecular formula is C51H54N8O10. The molecule has 4 aliphatic rings. The van der Waals surface area contributed by atoms with Crippen LogP contribution < -0.4 is 20.9 Å². The van der Waals surface area contributed by atoms with Crippen LogP contribution >= 0.6 is 0 Å². The number of aromatic nitrogens is 5. The van der Waals surface area contributed by atoms with Gasteiger partial charge in [0, 0.05) is 73.0 Å². The normalized spacial score (nSPS) is 19.1. The van der Waals surface area contributed by atoms with Gasteiger partial charge < -0.3 is 44.1 Å². The Bertz CT molecular complexity index is 3200. The van der Waals surface area contributed by atoms with Crippen molar-refractivity contribution in [3.63, 3.8) is 0 Å². The van der Waals surface area contributed by atoms with Gasteiger partial charge in [-0.15, -0.1) is 0 Å². The number of cyclic esters (lactones) is 1. The highest BCUT2D eigenvalue weighted by atomic mass is 16.6. The first kappa shape index (κ1) is 45.3. The Labute approximate surface area is 396 Å². The lowest BCUT2D eigenvalue weighted by Crippen LogP contribution is -2.57. The fourth-order valence-corrected chi connectivity index (χ4v) is 10.6. The first-order valence-electron chi connectivity index (χ1n) is 23.6. The van der Waals surface area contributed by atoms with E-state index in [2.05, 4.69) is 15.1 Å². The molecule has 3 aromatic heterocycles. The monoisotopic (exact) mass is 938 g/mol. The van der Waals surface area contributed by atoms with Gasteiger partial charge in [-0.05, 0) is 104 Å². The van der Waals surface area contributed by atoms with Crippen molar-refractivity contribution in [2.24, 2.45) is 5.92 Å². The van der Waals surface area contributed by atoms with Crippen molar-refractivity contribution in [3.05, 3.63) is 109 Å². The molecule has 0 spiro atoms. The highest BCUT2D eigenvalue weighted by Gasteiger charge is 2.45. The predicted octanol–water partition coefficient (Wildman–Crippen LogP) is 5.67. The van der Waals surface area contributed by atoms with Crippen LogP contribution in [0.25, 0.3) is 39.4 Å². The zero-order valence-electron chi connectivity index (χ0n) is 39.1. The Morgan fingerprint density at radius 1 is 0.928 bits per heavy atom. The number of carbonyl (C=O) groups is 3. The van der Waals surface area contributed by atoms with Crippen LogP contribution in [0.2, 0.25) is 0 Å². The van der Waals surface area contributed by atoms with Crippen LogP contribution in [0, 0.1) is 5.92 Å². The molecule has 2 amide bonds. The van der Waals surface area contributed by atoms with Gasteiger partial charge in [-0.3, -0.25) is 9.59 Å². The van der Waals surface area contributed by atoms with Gasteiger partial charge in [-0.25, -0.2) is 29.0 Å². The zero-order valence-corrected chi connectivity index (χ0v) is 39.1. The number of carbonyl (C=O) groups excluding carboxylic acids is 3. The molecule has 10 rings (SSSR count). The molecule has 0 bridgehead atoms. The minimum atomic E-state index is -1.92. The molecule has 2 fully saturated rings. The van der Waals surface area contributed by atoms with Crippen LogP contribution in [0.15, 0.2) is 70.3 Å². The third-order valence-corrected chi connectivity index (χ3v) is 14.5. The van der Waals surface area contributed by atoms with E-state index in [-0.39, 0.29) is 77.4 Å². The van der Waals surface area contributed by atoms with E-state index in [0.717, 1.165) is 22.2 Å². The second kappa shape index (κ2) is 17.2. The maximum Gasteiger partial charge on any atom is 0.415 e. The maximum atomic E-state index is 13.9. The first-order chi connectivity index (χ1) is 33.1. The quantitative estimate of drug-likeness (QED) is 0.135. The van der Waals surface area contributed by atoms with Gasteiger partial charge in [-0.2, -0.15) is 5.10 Å². The van der Waals surface area contributed by atoms with E-state index >= 15 is 0 Å². The number of fused-ring (bicyclic) bond motifs is 5. The van der Waals surface area contributed by atoms with Crippen molar-refractivity contribution < 1.29 is 39.2 Å². The SMILES string of the molecule is CCc1c2c(nc3ccc(OC(=O)N4CCN(C(=O)C5CCN(c6ccc(-n7c(-c8cc(C(C)C)c(O)cc8O)n[nH]c7=O)cc6)CC5)CC4C)cc13)-c1cc3c(c(=O)n1C2)COC(=O)C3(O)CC. The van der Waals surface area contributed by atoms with Gasteiger partial charge in [0.05, 0.1) is 40.3 Å². The molecule has 0 aliphatic carbocycles.